The molecule has 0 bridgehead atoms. The zero-order valence-corrected chi connectivity index (χ0v) is 13.4. The van der Waals surface area contributed by atoms with E-state index < -0.39 is 22.6 Å². The van der Waals surface area contributed by atoms with Crippen molar-refractivity contribution in [1.29, 1.82) is 0 Å². The Morgan fingerprint density at radius 1 is 1.08 bits per heavy atom. The van der Waals surface area contributed by atoms with Gasteiger partial charge in [-0.2, -0.15) is 18.3 Å². The molecule has 0 aliphatic carbocycles. The molecule has 134 valence electrons. The average molecular weight is 386 g/mol. The Kier molecular flexibility index (Phi) is 4.41. The zero-order valence-electron chi connectivity index (χ0n) is 12.7. The van der Waals surface area contributed by atoms with Crippen molar-refractivity contribution < 1.29 is 22.5 Å². The highest BCUT2D eigenvalue weighted by molar-refractivity contribution is 6.30. The summed E-state index contributed by atoms with van der Waals surface area (Å²) >= 11 is 5.70. The smallest absolute Gasteiger partial charge is 0.258 e. The van der Waals surface area contributed by atoms with Gasteiger partial charge in [-0.1, -0.05) is 11.6 Å². The molecule has 0 N–H and O–H groups in total. The van der Waals surface area contributed by atoms with E-state index >= 15 is 0 Å². The number of nitrogens with zero attached hydrogens (tertiary/aromatic N) is 3. The molecule has 0 aliphatic heterocycles. The van der Waals surface area contributed by atoms with Crippen molar-refractivity contribution in [3.05, 3.63) is 75.2 Å². The molecular weight excluding hydrogens is 378 g/mol. The second kappa shape index (κ2) is 6.41. The number of nitro benzene ring substituents is 1. The molecule has 0 saturated carbocycles. The lowest BCUT2D eigenvalue weighted by molar-refractivity contribution is -0.384. The van der Waals surface area contributed by atoms with Crippen molar-refractivity contribution in [3.63, 3.8) is 0 Å². The van der Waals surface area contributed by atoms with Crippen LogP contribution in [0.5, 0.6) is 0 Å². The van der Waals surface area contributed by atoms with Crippen LogP contribution in [0.1, 0.15) is 5.69 Å². The largest absolute Gasteiger partial charge is 0.435 e. The molecular formula is C16H8ClF4N3O2. The fraction of sp³-hybridized carbons (Fsp3) is 0.0625. The van der Waals surface area contributed by atoms with Crippen LogP contribution >= 0.6 is 11.6 Å². The molecule has 1 aromatic heterocycles. The third-order valence-electron chi connectivity index (χ3n) is 3.52. The van der Waals surface area contributed by atoms with E-state index in [-0.39, 0.29) is 27.7 Å². The molecule has 3 aromatic rings. The van der Waals surface area contributed by atoms with Crippen molar-refractivity contribution in [1.82, 2.24) is 9.78 Å². The molecule has 1 heterocycles. The lowest BCUT2D eigenvalue weighted by Crippen LogP contribution is -2.07. The van der Waals surface area contributed by atoms with Gasteiger partial charge in [0.05, 0.1) is 21.3 Å². The van der Waals surface area contributed by atoms with Crippen LogP contribution in [0.25, 0.3) is 16.9 Å². The molecule has 2 aromatic carbocycles. The van der Waals surface area contributed by atoms with Crippen molar-refractivity contribution in [2.45, 2.75) is 6.18 Å². The number of halogens is 5. The lowest BCUT2D eigenvalue weighted by atomic mass is 10.1. The van der Waals surface area contributed by atoms with Gasteiger partial charge in [-0.3, -0.25) is 10.1 Å². The molecule has 5 nitrogen and oxygen atoms in total. The van der Waals surface area contributed by atoms with Crippen molar-refractivity contribution in [2.24, 2.45) is 0 Å². The Morgan fingerprint density at radius 3 is 2.27 bits per heavy atom. The van der Waals surface area contributed by atoms with E-state index in [9.17, 15) is 27.7 Å². The Bertz CT molecular complexity index is 984. The summed E-state index contributed by atoms with van der Waals surface area (Å²) in [5, 5.41) is 14.0. The monoisotopic (exact) mass is 385 g/mol. The van der Waals surface area contributed by atoms with Crippen LogP contribution in [0.3, 0.4) is 0 Å². The van der Waals surface area contributed by atoms with E-state index in [2.05, 4.69) is 5.10 Å². The maximum absolute atomic E-state index is 13.3. The molecule has 0 atom stereocenters. The number of nitro groups is 1. The minimum absolute atomic E-state index is 0.0231. The first kappa shape index (κ1) is 17.9. The number of rotatable bonds is 3. The molecule has 3 rings (SSSR count). The van der Waals surface area contributed by atoms with E-state index in [0.29, 0.717) is 0 Å². The van der Waals surface area contributed by atoms with Crippen LogP contribution in [-0.2, 0) is 6.18 Å². The quantitative estimate of drug-likeness (QED) is 0.351. The molecule has 0 spiro atoms. The van der Waals surface area contributed by atoms with Crippen LogP contribution in [0, 0.1) is 15.9 Å². The highest BCUT2D eigenvalue weighted by Crippen LogP contribution is 2.34. The van der Waals surface area contributed by atoms with Gasteiger partial charge < -0.3 is 0 Å². The first-order valence-electron chi connectivity index (χ1n) is 7.04. The molecule has 26 heavy (non-hydrogen) atoms. The molecule has 0 radical (unpaired) electrons. The predicted molar refractivity (Wildman–Crippen MR) is 85.6 cm³/mol. The number of benzene rings is 2. The summed E-state index contributed by atoms with van der Waals surface area (Å²) in [6.45, 7) is 0. The molecule has 0 aliphatic rings. The van der Waals surface area contributed by atoms with Gasteiger partial charge in [-0.25, -0.2) is 9.07 Å². The first-order valence-corrected chi connectivity index (χ1v) is 7.42. The second-order valence-corrected chi connectivity index (χ2v) is 5.63. The minimum Gasteiger partial charge on any atom is -0.258 e. The van der Waals surface area contributed by atoms with Gasteiger partial charge >= 0.3 is 6.18 Å². The predicted octanol–water partition coefficient (Wildman–Crippen LogP) is 5.26. The lowest BCUT2D eigenvalue weighted by Gasteiger charge is -2.08. The van der Waals surface area contributed by atoms with E-state index in [1.807, 2.05) is 0 Å². The Morgan fingerprint density at radius 2 is 1.73 bits per heavy atom. The van der Waals surface area contributed by atoms with Crippen molar-refractivity contribution in [2.75, 3.05) is 0 Å². The molecule has 0 saturated heterocycles. The summed E-state index contributed by atoms with van der Waals surface area (Å²) in [6.07, 6.45) is -4.70. The first-order chi connectivity index (χ1) is 12.2. The highest BCUT2D eigenvalue weighted by atomic mass is 35.5. The van der Waals surface area contributed by atoms with E-state index in [0.717, 1.165) is 35.0 Å². The molecule has 10 heteroatoms. The van der Waals surface area contributed by atoms with Crippen LogP contribution in [0.2, 0.25) is 5.02 Å². The number of alkyl halides is 3. The van der Waals surface area contributed by atoms with Crippen LogP contribution in [-0.4, -0.2) is 14.7 Å². The summed E-state index contributed by atoms with van der Waals surface area (Å²) in [7, 11) is 0. The van der Waals surface area contributed by atoms with E-state index in [4.69, 9.17) is 11.6 Å². The van der Waals surface area contributed by atoms with Crippen molar-refractivity contribution >= 4 is 17.3 Å². The summed E-state index contributed by atoms with van der Waals surface area (Å²) in [4.78, 5) is 10.1. The molecule has 0 fully saturated rings. The molecule has 0 unspecified atom stereocenters. The van der Waals surface area contributed by atoms with Crippen LogP contribution < -0.4 is 0 Å². The Labute approximate surface area is 148 Å². The molecule has 0 amide bonds. The maximum atomic E-state index is 13.3. The normalized spacial score (nSPS) is 11.6. The van der Waals surface area contributed by atoms with E-state index in [1.165, 1.54) is 18.2 Å². The maximum Gasteiger partial charge on any atom is 0.435 e. The van der Waals surface area contributed by atoms with Gasteiger partial charge in [0.15, 0.2) is 5.69 Å². The highest BCUT2D eigenvalue weighted by Gasteiger charge is 2.35. The number of aromatic nitrogens is 2. The van der Waals surface area contributed by atoms with Crippen LogP contribution in [0.15, 0.2) is 48.5 Å². The second-order valence-electron chi connectivity index (χ2n) is 5.23. The Hall–Kier alpha value is -2.94. The SMILES string of the molecule is O=[N+]([O-])c1ccc(-c2cc(C(F)(F)F)nn2-c2ccc(F)c(Cl)c2)cc1. The van der Waals surface area contributed by atoms with Crippen LogP contribution in [0.4, 0.5) is 23.2 Å². The third kappa shape index (κ3) is 3.38. The van der Waals surface area contributed by atoms with Gasteiger partial charge in [0.1, 0.15) is 5.82 Å². The topological polar surface area (TPSA) is 61.0 Å². The summed E-state index contributed by atoms with van der Waals surface area (Å²) < 4.78 is 53.5. The average Bonchev–Trinajstić information content (AvgIpc) is 3.03. The number of hydrogen-bond acceptors (Lipinski definition) is 3. The number of non-ortho nitro benzene ring substituents is 1. The number of hydrogen-bond donors (Lipinski definition) is 0. The van der Waals surface area contributed by atoms with Gasteiger partial charge in [-0.05, 0) is 36.4 Å². The fourth-order valence-electron chi connectivity index (χ4n) is 2.29. The van der Waals surface area contributed by atoms with Gasteiger partial charge in [0.2, 0.25) is 0 Å². The summed E-state index contributed by atoms with van der Waals surface area (Å²) in [5.41, 5.74) is -0.971. The Balaban J connectivity index is 2.18. The van der Waals surface area contributed by atoms with Gasteiger partial charge in [-0.15, -0.1) is 0 Å². The zero-order chi connectivity index (χ0) is 19.1. The van der Waals surface area contributed by atoms with Crippen molar-refractivity contribution in [3.8, 4) is 16.9 Å². The summed E-state index contributed by atoms with van der Waals surface area (Å²) in [5.74, 6) is -0.726. The minimum atomic E-state index is -4.70. The fourth-order valence-corrected chi connectivity index (χ4v) is 2.47. The third-order valence-corrected chi connectivity index (χ3v) is 3.81. The van der Waals surface area contributed by atoms with E-state index in [1.54, 1.807) is 0 Å². The van der Waals surface area contributed by atoms with Gasteiger partial charge in [0.25, 0.3) is 5.69 Å². The van der Waals surface area contributed by atoms with Gasteiger partial charge in [0, 0.05) is 17.7 Å². The standard InChI is InChI=1S/C16H8ClF4N3O2/c17-12-7-11(5-6-13(12)18)23-14(8-15(22-23)16(19,20)21)9-1-3-10(4-2-9)24(25)26/h1-8H. The summed E-state index contributed by atoms with van der Waals surface area (Å²) in [6, 6.07) is 9.11.